The zero-order valence-electron chi connectivity index (χ0n) is 11.1. The van der Waals surface area contributed by atoms with Crippen LogP contribution in [0.3, 0.4) is 0 Å². The highest BCUT2D eigenvalue weighted by atomic mass is 19.4. The number of halogens is 3. The molecule has 0 aromatic carbocycles. The van der Waals surface area contributed by atoms with Crippen LogP contribution in [0.15, 0.2) is 6.20 Å². The first-order valence-corrected chi connectivity index (χ1v) is 6.62. The molecule has 1 heterocycles. The molecule has 0 aliphatic heterocycles. The number of nitrogens with zero attached hydrogens (tertiary/aromatic N) is 2. The van der Waals surface area contributed by atoms with E-state index in [4.69, 9.17) is 0 Å². The van der Waals surface area contributed by atoms with Crippen molar-refractivity contribution in [2.75, 3.05) is 0 Å². The summed E-state index contributed by atoms with van der Waals surface area (Å²) in [4.78, 5) is 4.26. The molecule has 1 aliphatic carbocycles. The Bertz CT molecular complexity index is 442. The van der Waals surface area contributed by atoms with Gasteiger partial charge < -0.3 is 9.67 Å². The summed E-state index contributed by atoms with van der Waals surface area (Å²) in [5.74, 6) is -0.736. The maximum atomic E-state index is 13.1. The number of hydrogen-bond acceptors (Lipinski definition) is 2. The van der Waals surface area contributed by atoms with Crippen LogP contribution in [0.1, 0.15) is 43.7 Å². The van der Waals surface area contributed by atoms with Crippen molar-refractivity contribution in [1.82, 2.24) is 9.55 Å². The van der Waals surface area contributed by atoms with Crippen LogP contribution < -0.4 is 0 Å². The van der Waals surface area contributed by atoms with Crippen molar-refractivity contribution in [3.05, 3.63) is 17.7 Å². The third-order valence-corrected chi connectivity index (χ3v) is 3.81. The normalized spacial score (nSPS) is 28.6. The number of alkyl halides is 3. The van der Waals surface area contributed by atoms with E-state index < -0.39 is 24.2 Å². The second kappa shape index (κ2) is 5.15. The Morgan fingerprint density at radius 1 is 1.42 bits per heavy atom. The topological polar surface area (TPSA) is 38.0 Å². The van der Waals surface area contributed by atoms with Crippen LogP contribution in [-0.4, -0.2) is 26.9 Å². The van der Waals surface area contributed by atoms with Crippen LogP contribution in [0, 0.1) is 12.8 Å². The molecule has 3 atom stereocenters. The Hall–Kier alpha value is -1.04. The average molecular weight is 276 g/mol. The minimum absolute atomic E-state index is 0.0181. The summed E-state index contributed by atoms with van der Waals surface area (Å²) >= 11 is 0. The fourth-order valence-corrected chi connectivity index (χ4v) is 2.93. The number of aromatic nitrogens is 2. The lowest BCUT2D eigenvalue weighted by atomic mass is 9.82. The number of rotatable bonds is 2. The average Bonchev–Trinajstić information content (AvgIpc) is 2.68. The van der Waals surface area contributed by atoms with Crippen LogP contribution in [0.25, 0.3) is 0 Å². The van der Waals surface area contributed by atoms with Gasteiger partial charge in [-0.15, -0.1) is 0 Å². The molecule has 0 amide bonds. The van der Waals surface area contributed by atoms with E-state index in [2.05, 4.69) is 4.98 Å². The molecule has 3 unspecified atom stereocenters. The van der Waals surface area contributed by atoms with Gasteiger partial charge in [0.1, 0.15) is 5.82 Å². The summed E-state index contributed by atoms with van der Waals surface area (Å²) in [6, 6.07) is -0.736. The fraction of sp³-hybridized carbons (Fsp3) is 0.769. The number of aryl methyl sites for hydroxylation is 2. The van der Waals surface area contributed by atoms with E-state index in [1.54, 1.807) is 17.7 Å². The summed E-state index contributed by atoms with van der Waals surface area (Å²) in [7, 11) is 0. The molecule has 3 nitrogen and oxygen atoms in total. The van der Waals surface area contributed by atoms with Crippen molar-refractivity contribution in [3.8, 4) is 0 Å². The third-order valence-electron chi connectivity index (χ3n) is 3.81. The van der Waals surface area contributed by atoms with Crippen LogP contribution in [0.5, 0.6) is 0 Å². The monoisotopic (exact) mass is 276 g/mol. The van der Waals surface area contributed by atoms with Crippen molar-refractivity contribution in [2.45, 2.75) is 57.9 Å². The van der Waals surface area contributed by atoms with Crippen molar-refractivity contribution in [1.29, 1.82) is 0 Å². The van der Waals surface area contributed by atoms with E-state index in [1.165, 1.54) is 0 Å². The summed E-state index contributed by atoms with van der Waals surface area (Å²) in [5.41, 5.74) is 0.720. The van der Waals surface area contributed by atoms with E-state index in [0.717, 1.165) is 5.69 Å². The van der Waals surface area contributed by atoms with Crippen LogP contribution >= 0.6 is 0 Å². The van der Waals surface area contributed by atoms with Gasteiger partial charge in [-0.25, -0.2) is 4.98 Å². The van der Waals surface area contributed by atoms with Crippen molar-refractivity contribution >= 4 is 0 Å². The molecule has 6 heteroatoms. The quantitative estimate of drug-likeness (QED) is 0.901. The zero-order chi connectivity index (χ0) is 14.2. The maximum absolute atomic E-state index is 13.1. The first-order chi connectivity index (χ1) is 8.82. The second-order valence-electron chi connectivity index (χ2n) is 5.24. The summed E-state index contributed by atoms with van der Waals surface area (Å²) in [5, 5.41) is 9.69. The second-order valence-corrected chi connectivity index (χ2v) is 5.24. The largest absolute Gasteiger partial charge is 0.393 e. The number of imidazole rings is 1. The maximum Gasteiger partial charge on any atom is 0.393 e. The minimum Gasteiger partial charge on any atom is -0.393 e. The Labute approximate surface area is 110 Å². The molecule has 19 heavy (non-hydrogen) atoms. The van der Waals surface area contributed by atoms with Crippen molar-refractivity contribution in [2.24, 2.45) is 5.92 Å². The van der Waals surface area contributed by atoms with Crippen molar-refractivity contribution in [3.63, 3.8) is 0 Å². The number of hydrogen-bond donors (Lipinski definition) is 1. The summed E-state index contributed by atoms with van der Waals surface area (Å²) in [6.45, 7) is 3.65. The van der Waals surface area contributed by atoms with Gasteiger partial charge in [-0.2, -0.15) is 13.2 Å². The molecule has 1 aliphatic rings. The highest BCUT2D eigenvalue weighted by molar-refractivity contribution is 5.06. The SMILES string of the molecule is CCc1nc(C)cn1C1CC(O)CCC1C(F)(F)F. The summed E-state index contributed by atoms with van der Waals surface area (Å²) in [6.07, 6.45) is -2.28. The van der Waals surface area contributed by atoms with Gasteiger partial charge >= 0.3 is 6.18 Å². The highest BCUT2D eigenvalue weighted by Gasteiger charge is 2.48. The first-order valence-electron chi connectivity index (χ1n) is 6.62. The van der Waals surface area contributed by atoms with Gasteiger partial charge in [0.25, 0.3) is 0 Å². The molecule has 0 spiro atoms. The molecule has 1 saturated carbocycles. The van der Waals surface area contributed by atoms with E-state index in [-0.39, 0.29) is 19.3 Å². The molecule has 2 rings (SSSR count). The molecule has 1 aromatic rings. The Kier molecular flexibility index (Phi) is 3.90. The van der Waals surface area contributed by atoms with Gasteiger partial charge in [-0.1, -0.05) is 6.92 Å². The van der Waals surface area contributed by atoms with Gasteiger partial charge in [-0.3, -0.25) is 0 Å². The van der Waals surface area contributed by atoms with E-state index in [0.29, 0.717) is 12.2 Å². The molecule has 0 saturated heterocycles. The van der Waals surface area contributed by atoms with Gasteiger partial charge in [0.2, 0.25) is 0 Å². The van der Waals surface area contributed by atoms with Gasteiger partial charge in [0, 0.05) is 18.7 Å². The predicted molar refractivity (Wildman–Crippen MR) is 64.8 cm³/mol. The molecule has 108 valence electrons. The molecule has 1 N–H and O–H groups in total. The lowest BCUT2D eigenvalue weighted by molar-refractivity contribution is -0.198. The summed E-state index contributed by atoms with van der Waals surface area (Å²) < 4.78 is 41.0. The van der Waals surface area contributed by atoms with E-state index in [1.807, 2.05) is 6.92 Å². The van der Waals surface area contributed by atoms with Gasteiger partial charge in [-0.05, 0) is 26.2 Å². The fourth-order valence-electron chi connectivity index (χ4n) is 2.93. The van der Waals surface area contributed by atoms with Crippen LogP contribution in [0.2, 0.25) is 0 Å². The van der Waals surface area contributed by atoms with E-state index >= 15 is 0 Å². The highest BCUT2D eigenvalue weighted by Crippen LogP contribution is 2.44. The number of aliphatic hydroxyl groups excluding tert-OH is 1. The minimum atomic E-state index is -4.23. The van der Waals surface area contributed by atoms with Gasteiger partial charge in [0.15, 0.2) is 0 Å². The first kappa shape index (κ1) is 14.4. The van der Waals surface area contributed by atoms with E-state index in [9.17, 15) is 18.3 Å². The lowest BCUT2D eigenvalue weighted by Crippen LogP contribution is -2.38. The lowest BCUT2D eigenvalue weighted by Gasteiger charge is -2.36. The molecule has 0 radical (unpaired) electrons. The predicted octanol–water partition coefficient (Wildman–Crippen LogP) is 3.02. The Balaban J connectivity index is 2.36. The molecular formula is C13H19F3N2O. The molecule has 1 fully saturated rings. The van der Waals surface area contributed by atoms with Crippen molar-refractivity contribution < 1.29 is 18.3 Å². The molecular weight excluding hydrogens is 257 g/mol. The number of aliphatic hydroxyl groups is 1. The Morgan fingerprint density at radius 2 is 2.11 bits per heavy atom. The molecule has 0 bridgehead atoms. The smallest absolute Gasteiger partial charge is 0.393 e. The van der Waals surface area contributed by atoms with Gasteiger partial charge in [0.05, 0.1) is 17.7 Å². The standard InChI is InChI=1S/C13H19F3N2O/c1-3-12-17-8(2)7-18(12)11-6-9(19)4-5-10(11)13(14,15)16/h7,9-11,19H,3-6H2,1-2H3. The van der Waals surface area contributed by atoms with Crippen LogP contribution in [-0.2, 0) is 6.42 Å². The van der Waals surface area contributed by atoms with Crippen LogP contribution in [0.4, 0.5) is 13.2 Å². The zero-order valence-corrected chi connectivity index (χ0v) is 11.1. The third kappa shape index (κ3) is 2.94. The molecule has 1 aromatic heterocycles. The Morgan fingerprint density at radius 3 is 2.68 bits per heavy atom.